The minimum Gasteiger partial charge on any atom is -0.338 e. The third-order valence-electron chi connectivity index (χ3n) is 4.83. The van der Waals surface area contributed by atoms with Gasteiger partial charge in [-0.3, -0.25) is 9.48 Å². The van der Waals surface area contributed by atoms with Crippen molar-refractivity contribution in [2.24, 2.45) is 7.05 Å². The van der Waals surface area contributed by atoms with Gasteiger partial charge in [-0.05, 0) is 31.2 Å². The molecule has 1 aromatic heterocycles. The molecule has 1 aliphatic heterocycles. The summed E-state index contributed by atoms with van der Waals surface area (Å²) in [7, 11) is 1.96. The van der Waals surface area contributed by atoms with Crippen LogP contribution >= 0.6 is 0 Å². The Morgan fingerprint density at radius 2 is 1.69 bits per heavy atom. The van der Waals surface area contributed by atoms with E-state index in [0.29, 0.717) is 6.54 Å². The Morgan fingerprint density at radius 1 is 1.07 bits per heavy atom. The first kappa shape index (κ1) is 20.5. The molecule has 0 spiro atoms. The standard InChI is InChI=1S/C16H20N4O.C6H4F2/c1-11-4-6-13(7-5-11)17-16-14-10-20(12(2)21)9-8-15(14)19(3)18-16;7-5-3-1-2-4-6(5)8/h4-7H,8-10H2,1-3H3,(H,17,18);1-4H. The third-order valence-corrected chi connectivity index (χ3v) is 4.83. The first-order chi connectivity index (χ1) is 13.8. The number of nitrogens with one attached hydrogen (secondary N) is 1. The molecule has 5 nitrogen and oxygen atoms in total. The van der Waals surface area contributed by atoms with Crippen molar-refractivity contribution in [3.63, 3.8) is 0 Å². The molecule has 29 heavy (non-hydrogen) atoms. The average Bonchev–Trinajstić information content (AvgIpc) is 3.01. The smallest absolute Gasteiger partial charge is 0.219 e. The molecule has 0 unspecified atom stereocenters. The summed E-state index contributed by atoms with van der Waals surface area (Å²) in [5.41, 5.74) is 4.58. The number of halogens is 2. The number of nitrogens with zero attached hydrogens (tertiary/aromatic N) is 3. The predicted molar refractivity (Wildman–Crippen MR) is 109 cm³/mol. The van der Waals surface area contributed by atoms with E-state index in [9.17, 15) is 13.6 Å². The van der Waals surface area contributed by atoms with E-state index in [4.69, 9.17) is 0 Å². The van der Waals surface area contributed by atoms with Crippen molar-refractivity contribution in [3.05, 3.63) is 77.0 Å². The number of aromatic nitrogens is 2. The van der Waals surface area contributed by atoms with Crippen LogP contribution in [-0.4, -0.2) is 27.1 Å². The highest BCUT2D eigenvalue weighted by Crippen LogP contribution is 2.28. The first-order valence-corrected chi connectivity index (χ1v) is 9.39. The van der Waals surface area contributed by atoms with Gasteiger partial charge in [0.05, 0.1) is 6.54 Å². The molecule has 0 aliphatic carbocycles. The average molecular weight is 398 g/mol. The number of fused-ring (bicyclic) bond motifs is 1. The summed E-state index contributed by atoms with van der Waals surface area (Å²) in [5.74, 6) is -0.631. The van der Waals surface area contributed by atoms with Crippen LogP contribution in [0.15, 0.2) is 48.5 Å². The molecule has 0 fully saturated rings. The Morgan fingerprint density at radius 3 is 2.24 bits per heavy atom. The second-order valence-corrected chi connectivity index (χ2v) is 6.99. The molecule has 0 radical (unpaired) electrons. The molecule has 1 amide bonds. The summed E-state index contributed by atoms with van der Waals surface area (Å²) in [4.78, 5) is 13.5. The van der Waals surface area contributed by atoms with Crippen molar-refractivity contribution in [1.29, 1.82) is 0 Å². The van der Waals surface area contributed by atoms with Gasteiger partial charge in [-0.25, -0.2) is 8.78 Å². The van der Waals surface area contributed by atoms with Crippen molar-refractivity contribution in [2.45, 2.75) is 26.8 Å². The molecule has 0 atom stereocenters. The van der Waals surface area contributed by atoms with E-state index in [2.05, 4.69) is 29.5 Å². The molecule has 1 N–H and O–H groups in total. The quantitative estimate of drug-likeness (QED) is 0.699. The summed E-state index contributed by atoms with van der Waals surface area (Å²) < 4.78 is 25.8. The molecular formula is C22H24F2N4O. The number of carbonyl (C=O) groups is 1. The number of amides is 1. The van der Waals surface area contributed by atoms with Gasteiger partial charge in [-0.1, -0.05) is 29.8 Å². The topological polar surface area (TPSA) is 50.2 Å². The van der Waals surface area contributed by atoms with Crippen LogP contribution in [0.1, 0.15) is 23.7 Å². The molecule has 2 aromatic carbocycles. The molecule has 4 rings (SSSR count). The molecule has 0 saturated heterocycles. The van der Waals surface area contributed by atoms with E-state index in [-0.39, 0.29) is 5.91 Å². The minimum absolute atomic E-state index is 0.116. The van der Waals surface area contributed by atoms with Gasteiger partial charge in [0.25, 0.3) is 0 Å². The van der Waals surface area contributed by atoms with E-state index < -0.39 is 11.6 Å². The second kappa shape index (κ2) is 8.86. The van der Waals surface area contributed by atoms with Gasteiger partial charge in [0.2, 0.25) is 5.91 Å². The van der Waals surface area contributed by atoms with Crippen molar-refractivity contribution in [3.8, 4) is 0 Å². The fraction of sp³-hybridized carbons (Fsp3) is 0.273. The van der Waals surface area contributed by atoms with Crippen molar-refractivity contribution < 1.29 is 13.6 Å². The Balaban J connectivity index is 0.000000252. The molecule has 7 heteroatoms. The Kier molecular flexibility index (Phi) is 6.26. The molecular weight excluding hydrogens is 374 g/mol. The maximum absolute atomic E-state index is 11.9. The van der Waals surface area contributed by atoms with Gasteiger partial charge in [0, 0.05) is 43.9 Å². The SMILES string of the molecule is CC(=O)N1CCc2c(c(Nc3ccc(C)cc3)nn2C)C1.Fc1ccccc1F. The normalized spacial score (nSPS) is 12.7. The Hall–Kier alpha value is -3.22. The third kappa shape index (κ3) is 4.99. The van der Waals surface area contributed by atoms with E-state index in [1.54, 1.807) is 6.92 Å². The summed E-state index contributed by atoms with van der Waals surface area (Å²) in [6, 6.07) is 13.3. The Bertz CT molecular complexity index is 978. The zero-order valence-electron chi connectivity index (χ0n) is 16.7. The fourth-order valence-electron chi connectivity index (χ4n) is 3.17. The van der Waals surface area contributed by atoms with Gasteiger partial charge in [0.15, 0.2) is 17.5 Å². The van der Waals surface area contributed by atoms with Gasteiger partial charge in [-0.15, -0.1) is 0 Å². The lowest BCUT2D eigenvalue weighted by atomic mass is 10.1. The van der Waals surface area contributed by atoms with Gasteiger partial charge in [-0.2, -0.15) is 5.10 Å². The van der Waals surface area contributed by atoms with Crippen molar-refractivity contribution >= 4 is 17.4 Å². The van der Waals surface area contributed by atoms with Crippen LogP contribution in [0, 0.1) is 18.6 Å². The second-order valence-electron chi connectivity index (χ2n) is 6.99. The van der Waals surface area contributed by atoms with E-state index in [1.807, 2.05) is 28.8 Å². The summed E-state index contributed by atoms with van der Waals surface area (Å²) in [5, 5.41) is 7.94. The van der Waals surface area contributed by atoms with Crippen LogP contribution < -0.4 is 5.32 Å². The van der Waals surface area contributed by atoms with Crippen LogP contribution in [0.2, 0.25) is 0 Å². The number of aryl methyl sites for hydroxylation is 2. The molecule has 2 heterocycles. The minimum atomic E-state index is -0.799. The molecule has 0 saturated carbocycles. The first-order valence-electron chi connectivity index (χ1n) is 9.39. The molecule has 1 aliphatic rings. The van der Waals surface area contributed by atoms with Crippen LogP contribution in [0.5, 0.6) is 0 Å². The van der Waals surface area contributed by atoms with Crippen LogP contribution in [-0.2, 0) is 24.8 Å². The highest BCUT2D eigenvalue weighted by Gasteiger charge is 2.25. The largest absolute Gasteiger partial charge is 0.338 e. The number of rotatable bonds is 2. The number of anilines is 2. The molecule has 0 bridgehead atoms. The number of benzene rings is 2. The zero-order valence-corrected chi connectivity index (χ0v) is 16.7. The lowest BCUT2D eigenvalue weighted by Crippen LogP contribution is -2.34. The zero-order chi connectivity index (χ0) is 21.0. The van der Waals surface area contributed by atoms with Crippen LogP contribution in [0.25, 0.3) is 0 Å². The van der Waals surface area contributed by atoms with Crippen LogP contribution in [0.4, 0.5) is 20.3 Å². The lowest BCUT2D eigenvalue weighted by molar-refractivity contribution is -0.129. The lowest BCUT2D eigenvalue weighted by Gasteiger charge is -2.26. The molecule has 152 valence electrons. The summed E-state index contributed by atoms with van der Waals surface area (Å²) in [6.45, 7) is 5.09. The predicted octanol–water partition coefficient (Wildman–Crippen LogP) is 4.34. The van der Waals surface area contributed by atoms with Gasteiger partial charge in [0.1, 0.15) is 0 Å². The molecule has 3 aromatic rings. The van der Waals surface area contributed by atoms with Gasteiger partial charge >= 0.3 is 0 Å². The van der Waals surface area contributed by atoms with E-state index >= 15 is 0 Å². The summed E-state index contributed by atoms with van der Waals surface area (Å²) in [6.07, 6.45) is 0.855. The number of carbonyl (C=O) groups excluding carboxylic acids is 1. The van der Waals surface area contributed by atoms with E-state index in [0.717, 1.165) is 42.2 Å². The monoisotopic (exact) mass is 398 g/mol. The Labute approximate surface area is 169 Å². The van der Waals surface area contributed by atoms with Crippen molar-refractivity contribution in [2.75, 3.05) is 11.9 Å². The van der Waals surface area contributed by atoms with E-state index in [1.165, 1.54) is 23.4 Å². The fourth-order valence-corrected chi connectivity index (χ4v) is 3.17. The highest BCUT2D eigenvalue weighted by molar-refractivity contribution is 5.74. The van der Waals surface area contributed by atoms with Gasteiger partial charge < -0.3 is 10.2 Å². The van der Waals surface area contributed by atoms with Crippen molar-refractivity contribution in [1.82, 2.24) is 14.7 Å². The summed E-state index contributed by atoms with van der Waals surface area (Å²) >= 11 is 0. The maximum Gasteiger partial charge on any atom is 0.219 e. The number of hydrogen-bond acceptors (Lipinski definition) is 3. The maximum atomic E-state index is 11.9. The van der Waals surface area contributed by atoms with Crippen LogP contribution in [0.3, 0.4) is 0 Å². The number of hydrogen-bond donors (Lipinski definition) is 1. The highest BCUT2D eigenvalue weighted by atomic mass is 19.2.